The van der Waals surface area contributed by atoms with Crippen LogP contribution in [-0.4, -0.2) is 22.4 Å². The predicted molar refractivity (Wildman–Crippen MR) is 80.7 cm³/mol. The molecule has 0 unspecified atom stereocenters. The van der Waals surface area contributed by atoms with Crippen molar-refractivity contribution in [2.45, 2.75) is 39.0 Å². The number of aromatic nitrogens is 2. The lowest BCUT2D eigenvalue weighted by Crippen LogP contribution is -2.08. The molecule has 0 bridgehead atoms. The van der Waals surface area contributed by atoms with Crippen LogP contribution in [0.4, 0.5) is 4.39 Å². The third kappa shape index (κ3) is 2.75. The highest BCUT2D eigenvalue weighted by Crippen LogP contribution is 2.27. The van der Waals surface area contributed by atoms with Crippen LogP contribution in [-0.2, 0) is 17.6 Å². The van der Waals surface area contributed by atoms with Crippen molar-refractivity contribution in [1.82, 2.24) is 9.78 Å². The molecule has 1 heterocycles. The van der Waals surface area contributed by atoms with Crippen molar-refractivity contribution in [3.63, 3.8) is 0 Å². The predicted octanol–water partition coefficient (Wildman–Crippen LogP) is 3.46. The number of hydrogen-bond donors (Lipinski definition) is 0. The van der Waals surface area contributed by atoms with E-state index in [9.17, 15) is 9.18 Å². The second-order valence-electron chi connectivity index (χ2n) is 5.44. The Labute approximate surface area is 128 Å². The lowest BCUT2D eigenvalue weighted by atomic mass is 10.1. The number of halogens is 1. The molecule has 0 aliphatic heterocycles. The van der Waals surface area contributed by atoms with Crippen LogP contribution in [0.1, 0.15) is 47.9 Å². The SMILES string of the molecule is CCOC(=O)c1nn(-c2ccc(F)cc2)c2c1CCCCC2. The van der Waals surface area contributed by atoms with Crippen molar-refractivity contribution in [3.05, 3.63) is 47.0 Å². The second-order valence-corrected chi connectivity index (χ2v) is 5.44. The largest absolute Gasteiger partial charge is 0.461 e. The summed E-state index contributed by atoms with van der Waals surface area (Å²) >= 11 is 0. The Hall–Kier alpha value is -2.17. The first kappa shape index (κ1) is 14.8. The Morgan fingerprint density at radius 1 is 1.23 bits per heavy atom. The van der Waals surface area contributed by atoms with E-state index in [1.165, 1.54) is 12.1 Å². The van der Waals surface area contributed by atoms with Gasteiger partial charge in [0.2, 0.25) is 0 Å². The van der Waals surface area contributed by atoms with E-state index in [2.05, 4.69) is 5.10 Å². The number of fused-ring (bicyclic) bond motifs is 1. The zero-order chi connectivity index (χ0) is 15.5. The molecule has 1 aromatic carbocycles. The van der Waals surface area contributed by atoms with Crippen LogP contribution >= 0.6 is 0 Å². The van der Waals surface area contributed by atoms with Gasteiger partial charge in [-0.1, -0.05) is 6.42 Å². The average Bonchev–Trinajstić information content (AvgIpc) is 2.71. The average molecular weight is 302 g/mol. The third-order valence-electron chi connectivity index (χ3n) is 3.97. The van der Waals surface area contributed by atoms with Gasteiger partial charge >= 0.3 is 5.97 Å². The minimum absolute atomic E-state index is 0.285. The first-order chi connectivity index (χ1) is 10.7. The van der Waals surface area contributed by atoms with Crippen molar-refractivity contribution in [2.75, 3.05) is 6.61 Å². The molecule has 0 amide bonds. The van der Waals surface area contributed by atoms with Gasteiger partial charge in [0.15, 0.2) is 5.69 Å². The number of benzene rings is 1. The summed E-state index contributed by atoms with van der Waals surface area (Å²) in [5.74, 6) is -0.658. The highest BCUT2D eigenvalue weighted by Gasteiger charge is 2.25. The van der Waals surface area contributed by atoms with Crippen LogP contribution in [0.15, 0.2) is 24.3 Å². The Bertz CT molecular complexity index is 677. The fraction of sp³-hybridized carbons (Fsp3) is 0.412. The summed E-state index contributed by atoms with van der Waals surface area (Å²) in [6.45, 7) is 2.12. The lowest BCUT2D eigenvalue weighted by Gasteiger charge is -2.07. The number of carbonyl (C=O) groups is 1. The summed E-state index contributed by atoms with van der Waals surface area (Å²) in [5.41, 5.74) is 3.21. The minimum atomic E-state index is -0.374. The molecule has 116 valence electrons. The van der Waals surface area contributed by atoms with Crippen LogP contribution in [0.3, 0.4) is 0 Å². The Morgan fingerprint density at radius 3 is 2.68 bits per heavy atom. The van der Waals surface area contributed by atoms with E-state index < -0.39 is 0 Å². The number of rotatable bonds is 3. The van der Waals surface area contributed by atoms with Gasteiger partial charge in [-0.15, -0.1) is 0 Å². The van der Waals surface area contributed by atoms with E-state index in [0.29, 0.717) is 12.3 Å². The van der Waals surface area contributed by atoms with Gasteiger partial charge < -0.3 is 4.74 Å². The summed E-state index contributed by atoms with van der Waals surface area (Å²) in [5, 5.41) is 4.47. The molecular formula is C17H19FN2O2. The van der Waals surface area contributed by atoms with Crippen LogP contribution in [0.5, 0.6) is 0 Å². The Balaban J connectivity index is 2.09. The number of nitrogens with zero attached hydrogens (tertiary/aromatic N) is 2. The van der Waals surface area contributed by atoms with Gasteiger partial charge in [-0.05, 0) is 56.9 Å². The lowest BCUT2D eigenvalue weighted by molar-refractivity contribution is 0.0517. The van der Waals surface area contributed by atoms with E-state index in [1.807, 2.05) is 0 Å². The van der Waals surface area contributed by atoms with Gasteiger partial charge in [0, 0.05) is 11.3 Å². The highest BCUT2D eigenvalue weighted by molar-refractivity contribution is 5.89. The van der Waals surface area contributed by atoms with Gasteiger partial charge in [0.1, 0.15) is 5.82 Å². The van der Waals surface area contributed by atoms with Crippen molar-refractivity contribution in [1.29, 1.82) is 0 Å². The van der Waals surface area contributed by atoms with Gasteiger partial charge in [0.05, 0.1) is 12.3 Å². The smallest absolute Gasteiger partial charge is 0.359 e. The fourth-order valence-electron chi connectivity index (χ4n) is 2.94. The van der Waals surface area contributed by atoms with E-state index >= 15 is 0 Å². The van der Waals surface area contributed by atoms with Crippen molar-refractivity contribution >= 4 is 5.97 Å². The Morgan fingerprint density at radius 2 is 1.95 bits per heavy atom. The topological polar surface area (TPSA) is 44.1 Å². The third-order valence-corrected chi connectivity index (χ3v) is 3.97. The summed E-state index contributed by atoms with van der Waals surface area (Å²) < 4.78 is 20.0. The van der Waals surface area contributed by atoms with E-state index in [4.69, 9.17) is 4.74 Å². The van der Waals surface area contributed by atoms with Gasteiger partial charge in [0.25, 0.3) is 0 Å². The Kier molecular flexibility index (Phi) is 4.22. The number of ether oxygens (including phenoxy) is 1. The number of esters is 1. The summed E-state index contributed by atoms with van der Waals surface area (Å²) in [7, 11) is 0. The number of hydrogen-bond acceptors (Lipinski definition) is 3. The second kappa shape index (κ2) is 6.30. The molecule has 0 fully saturated rings. The normalized spacial score (nSPS) is 14.3. The number of carbonyl (C=O) groups excluding carboxylic acids is 1. The molecule has 1 aliphatic rings. The fourth-order valence-corrected chi connectivity index (χ4v) is 2.94. The van der Waals surface area contributed by atoms with Crippen LogP contribution in [0.2, 0.25) is 0 Å². The van der Waals surface area contributed by atoms with Crippen molar-refractivity contribution in [3.8, 4) is 5.69 Å². The maximum absolute atomic E-state index is 13.1. The zero-order valence-electron chi connectivity index (χ0n) is 12.6. The molecule has 4 nitrogen and oxygen atoms in total. The molecule has 0 saturated heterocycles. The van der Waals surface area contributed by atoms with Crippen molar-refractivity contribution in [2.24, 2.45) is 0 Å². The van der Waals surface area contributed by atoms with Gasteiger partial charge in [-0.2, -0.15) is 5.10 Å². The molecule has 1 aromatic heterocycles. The molecule has 3 rings (SSSR count). The molecule has 0 atom stereocenters. The quantitative estimate of drug-likeness (QED) is 0.644. The molecule has 0 N–H and O–H groups in total. The molecule has 0 radical (unpaired) electrons. The standard InChI is InChI=1S/C17H19FN2O2/c1-2-22-17(21)16-14-6-4-3-5-7-15(14)20(19-16)13-10-8-12(18)9-11-13/h8-11H,2-7H2,1H3. The molecule has 0 saturated carbocycles. The monoisotopic (exact) mass is 302 g/mol. The first-order valence-corrected chi connectivity index (χ1v) is 7.74. The first-order valence-electron chi connectivity index (χ1n) is 7.74. The minimum Gasteiger partial charge on any atom is -0.461 e. The molecular weight excluding hydrogens is 283 g/mol. The summed E-state index contributed by atoms with van der Waals surface area (Å²) in [6.07, 6.45) is 4.97. The van der Waals surface area contributed by atoms with Gasteiger partial charge in [-0.25, -0.2) is 13.9 Å². The zero-order valence-corrected chi connectivity index (χ0v) is 12.6. The molecule has 5 heteroatoms. The maximum Gasteiger partial charge on any atom is 0.359 e. The molecule has 22 heavy (non-hydrogen) atoms. The maximum atomic E-state index is 13.1. The van der Waals surface area contributed by atoms with Crippen LogP contribution in [0, 0.1) is 5.82 Å². The van der Waals surface area contributed by atoms with Crippen molar-refractivity contribution < 1.29 is 13.9 Å². The molecule has 2 aromatic rings. The molecule has 0 spiro atoms. The summed E-state index contributed by atoms with van der Waals surface area (Å²) in [6, 6.07) is 6.18. The summed E-state index contributed by atoms with van der Waals surface area (Å²) in [4.78, 5) is 12.2. The van der Waals surface area contributed by atoms with E-state index in [-0.39, 0.29) is 11.8 Å². The highest BCUT2D eigenvalue weighted by atomic mass is 19.1. The van der Waals surface area contributed by atoms with E-state index in [0.717, 1.165) is 49.0 Å². The van der Waals surface area contributed by atoms with E-state index in [1.54, 1.807) is 23.7 Å². The molecule has 1 aliphatic carbocycles. The van der Waals surface area contributed by atoms with Gasteiger partial charge in [-0.3, -0.25) is 0 Å². The van der Waals surface area contributed by atoms with Crippen LogP contribution < -0.4 is 0 Å². The van der Waals surface area contributed by atoms with Crippen LogP contribution in [0.25, 0.3) is 5.69 Å².